The van der Waals surface area contributed by atoms with Crippen LogP contribution in [-0.2, 0) is 5.41 Å². The number of ether oxygens (including phenoxy) is 1. The van der Waals surface area contributed by atoms with Crippen molar-refractivity contribution in [1.29, 1.82) is 0 Å². The molecule has 1 heterocycles. The zero-order chi connectivity index (χ0) is 24.2. The minimum absolute atomic E-state index is 0.367. The van der Waals surface area contributed by atoms with Gasteiger partial charge in [-0.1, -0.05) is 104 Å². The summed E-state index contributed by atoms with van der Waals surface area (Å²) in [5, 5.41) is 0. The predicted molar refractivity (Wildman–Crippen MR) is 147 cm³/mol. The molecule has 1 unspecified atom stereocenters. The van der Waals surface area contributed by atoms with Crippen molar-refractivity contribution in [3.05, 3.63) is 130 Å². The zero-order valence-electron chi connectivity index (χ0n) is 20.8. The van der Waals surface area contributed by atoms with E-state index in [-0.39, 0.29) is 5.41 Å². The molecule has 0 aromatic heterocycles. The fraction of sp³-hybridized carbons (Fsp3) is 0.176. The topological polar surface area (TPSA) is 9.23 Å². The number of para-hydroxylation sites is 1. The predicted octanol–water partition coefficient (Wildman–Crippen LogP) is 9.27. The molecule has 0 N–H and O–H groups in total. The molecular formula is C34H30O. The Labute approximate surface area is 208 Å². The van der Waals surface area contributed by atoms with Crippen molar-refractivity contribution in [3.8, 4) is 22.6 Å². The average Bonchev–Trinajstić information content (AvgIpc) is 3.24. The van der Waals surface area contributed by atoms with Crippen LogP contribution in [0, 0.1) is 5.92 Å². The molecule has 35 heavy (non-hydrogen) atoms. The van der Waals surface area contributed by atoms with Crippen LogP contribution in [0.25, 0.3) is 22.8 Å². The van der Waals surface area contributed by atoms with Gasteiger partial charge in [0.15, 0.2) is 0 Å². The van der Waals surface area contributed by atoms with E-state index >= 15 is 0 Å². The molecule has 0 radical (unpaired) electrons. The minimum atomic E-state index is -0.367. The Morgan fingerprint density at radius 1 is 0.714 bits per heavy atom. The Kier molecular flexibility index (Phi) is 5.04. The van der Waals surface area contributed by atoms with Crippen molar-refractivity contribution >= 4 is 11.6 Å². The highest BCUT2D eigenvalue weighted by Crippen LogP contribution is 2.57. The van der Waals surface area contributed by atoms with Crippen molar-refractivity contribution in [3.63, 3.8) is 0 Å². The summed E-state index contributed by atoms with van der Waals surface area (Å²) in [5.41, 5.74) is 11.1. The Balaban J connectivity index is 1.73. The van der Waals surface area contributed by atoms with Crippen molar-refractivity contribution in [2.24, 2.45) is 5.92 Å². The maximum atomic E-state index is 6.65. The minimum Gasteiger partial charge on any atom is -0.457 e. The van der Waals surface area contributed by atoms with E-state index in [4.69, 9.17) is 4.74 Å². The first-order chi connectivity index (χ1) is 17.0. The molecule has 0 amide bonds. The Morgan fingerprint density at radius 2 is 1.40 bits per heavy atom. The second-order valence-electron chi connectivity index (χ2n) is 10.2. The fourth-order valence-corrected chi connectivity index (χ4v) is 6.13. The molecular weight excluding hydrogens is 424 g/mol. The van der Waals surface area contributed by atoms with E-state index in [0.29, 0.717) is 5.92 Å². The molecule has 0 bridgehead atoms. The van der Waals surface area contributed by atoms with Crippen molar-refractivity contribution < 1.29 is 4.74 Å². The van der Waals surface area contributed by atoms with E-state index < -0.39 is 0 Å². The summed E-state index contributed by atoms with van der Waals surface area (Å²) in [4.78, 5) is 0. The summed E-state index contributed by atoms with van der Waals surface area (Å²) in [7, 11) is 0. The summed E-state index contributed by atoms with van der Waals surface area (Å²) in [6.45, 7) is 9.05. The molecule has 1 spiro atoms. The van der Waals surface area contributed by atoms with Crippen molar-refractivity contribution in [2.75, 3.05) is 0 Å². The molecule has 0 saturated heterocycles. The number of rotatable bonds is 3. The first kappa shape index (κ1) is 21.7. The molecule has 1 atom stereocenters. The quantitative estimate of drug-likeness (QED) is 0.300. The highest BCUT2D eigenvalue weighted by molar-refractivity contribution is 5.87. The zero-order valence-corrected chi connectivity index (χ0v) is 20.8. The standard InChI is InChI=1S/C34H30O/c1-22(2)33(23(3)4)27-20-30-32(21-26(27)24-12-6-5-7-13-24)35-31-17-11-10-16-29(31)34(30)19-18-25-14-8-9-15-28(25)34/h5-22H,1-4H3. The number of benzene rings is 4. The van der Waals surface area contributed by atoms with Crippen LogP contribution in [0.4, 0.5) is 0 Å². The van der Waals surface area contributed by atoms with Gasteiger partial charge >= 0.3 is 0 Å². The molecule has 0 fully saturated rings. The average molecular weight is 455 g/mol. The Bertz CT molecular complexity index is 1500. The van der Waals surface area contributed by atoms with Crippen LogP contribution in [-0.4, -0.2) is 0 Å². The summed E-state index contributed by atoms with van der Waals surface area (Å²) in [5.74, 6) is 2.27. The van der Waals surface area contributed by atoms with Crippen molar-refractivity contribution in [2.45, 2.75) is 33.1 Å². The van der Waals surface area contributed by atoms with Gasteiger partial charge in [-0.15, -0.1) is 0 Å². The van der Waals surface area contributed by atoms with Gasteiger partial charge < -0.3 is 4.74 Å². The molecule has 172 valence electrons. The van der Waals surface area contributed by atoms with Gasteiger partial charge in [-0.25, -0.2) is 0 Å². The van der Waals surface area contributed by atoms with Gasteiger partial charge in [-0.3, -0.25) is 0 Å². The van der Waals surface area contributed by atoms with E-state index in [9.17, 15) is 0 Å². The van der Waals surface area contributed by atoms with Crippen molar-refractivity contribution in [1.82, 2.24) is 0 Å². The van der Waals surface area contributed by atoms with Crippen LogP contribution >= 0.6 is 0 Å². The van der Waals surface area contributed by atoms with Crippen LogP contribution in [0.1, 0.15) is 55.5 Å². The SMILES string of the molecule is CC(C)=C(c1cc2c(cc1-c1ccccc1)Oc1ccccc1C21C=Cc2ccccc21)C(C)C. The molecule has 4 aromatic carbocycles. The first-order valence-corrected chi connectivity index (χ1v) is 12.5. The Hall–Kier alpha value is -3.84. The molecule has 2 aliphatic rings. The third-order valence-corrected chi connectivity index (χ3v) is 7.47. The van der Waals surface area contributed by atoms with E-state index in [0.717, 1.165) is 11.5 Å². The number of hydrogen-bond donors (Lipinski definition) is 0. The lowest BCUT2D eigenvalue weighted by atomic mass is 9.68. The van der Waals surface area contributed by atoms with Gasteiger partial charge in [-0.05, 0) is 71.4 Å². The monoisotopic (exact) mass is 454 g/mol. The highest BCUT2D eigenvalue weighted by Gasteiger charge is 2.45. The first-order valence-electron chi connectivity index (χ1n) is 12.5. The lowest BCUT2D eigenvalue weighted by Gasteiger charge is -2.38. The third kappa shape index (κ3) is 3.22. The molecule has 1 heteroatoms. The highest BCUT2D eigenvalue weighted by atomic mass is 16.5. The van der Waals surface area contributed by atoms with Crippen LogP contribution in [0.15, 0.2) is 103 Å². The van der Waals surface area contributed by atoms with Gasteiger partial charge in [0.05, 0.1) is 5.41 Å². The summed E-state index contributed by atoms with van der Waals surface area (Å²) in [6.07, 6.45) is 4.65. The van der Waals surface area contributed by atoms with E-state index in [1.807, 2.05) is 0 Å². The number of allylic oxidation sites excluding steroid dienone is 3. The van der Waals surface area contributed by atoms with E-state index in [1.54, 1.807) is 0 Å². The van der Waals surface area contributed by atoms with Crippen LogP contribution in [0.5, 0.6) is 11.5 Å². The molecule has 0 saturated carbocycles. The summed E-state index contributed by atoms with van der Waals surface area (Å²) in [6, 6.07) is 32.7. The molecule has 1 nitrogen and oxygen atoms in total. The third-order valence-electron chi connectivity index (χ3n) is 7.47. The fourth-order valence-electron chi connectivity index (χ4n) is 6.13. The Morgan fingerprint density at radius 3 is 2.14 bits per heavy atom. The van der Waals surface area contributed by atoms with Gasteiger partial charge in [-0.2, -0.15) is 0 Å². The maximum absolute atomic E-state index is 6.65. The van der Waals surface area contributed by atoms with Gasteiger partial charge in [0, 0.05) is 11.1 Å². The molecule has 6 rings (SSSR count). The van der Waals surface area contributed by atoms with Gasteiger partial charge in [0.2, 0.25) is 0 Å². The van der Waals surface area contributed by atoms with Crippen LogP contribution in [0.3, 0.4) is 0 Å². The second kappa shape index (κ2) is 8.13. The van der Waals surface area contributed by atoms with Crippen LogP contribution in [0.2, 0.25) is 0 Å². The second-order valence-corrected chi connectivity index (χ2v) is 10.2. The number of hydrogen-bond acceptors (Lipinski definition) is 1. The normalized spacial score (nSPS) is 17.1. The lowest BCUT2D eigenvalue weighted by molar-refractivity contribution is 0.438. The van der Waals surface area contributed by atoms with E-state index in [1.165, 1.54) is 50.1 Å². The molecule has 1 aliphatic carbocycles. The lowest BCUT2D eigenvalue weighted by Crippen LogP contribution is -2.29. The summed E-state index contributed by atoms with van der Waals surface area (Å²) < 4.78 is 6.65. The summed E-state index contributed by atoms with van der Waals surface area (Å²) >= 11 is 0. The largest absolute Gasteiger partial charge is 0.457 e. The number of fused-ring (bicyclic) bond motifs is 6. The van der Waals surface area contributed by atoms with Gasteiger partial charge in [0.25, 0.3) is 0 Å². The smallest absolute Gasteiger partial charge is 0.132 e. The molecule has 1 aliphatic heterocycles. The van der Waals surface area contributed by atoms with Gasteiger partial charge in [0.1, 0.15) is 11.5 Å². The maximum Gasteiger partial charge on any atom is 0.132 e. The van der Waals surface area contributed by atoms with E-state index in [2.05, 4.69) is 131 Å². The van der Waals surface area contributed by atoms with Crippen LogP contribution < -0.4 is 4.74 Å². The molecule has 4 aromatic rings.